The third-order valence-corrected chi connectivity index (χ3v) is 1.39. The van der Waals surface area contributed by atoms with E-state index in [9.17, 15) is 4.79 Å². The molecule has 4 heteroatoms. The second-order valence-electron chi connectivity index (χ2n) is 2.89. The van der Waals surface area contributed by atoms with Crippen molar-refractivity contribution in [2.24, 2.45) is 5.10 Å². The first-order chi connectivity index (χ1) is 4.52. The molecule has 0 saturated heterocycles. The minimum absolute atomic E-state index is 0.0990. The molecular weight excluding hydrogens is 130 g/mol. The lowest BCUT2D eigenvalue weighted by molar-refractivity contribution is -0.126. The van der Waals surface area contributed by atoms with E-state index in [1.54, 1.807) is 20.8 Å². The van der Waals surface area contributed by atoms with Gasteiger partial charge in [0.25, 0.3) is 5.91 Å². The van der Waals surface area contributed by atoms with E-state index >= 15 is 0 Å². The van der Waals surface area contributed by atoms with Crippen molar-refractivity contribution in [2.45, 2.75) is 26.3 Å². The summed E-state index contributed by atoms with van der Waals surface area (Å²) in [4.78, 5) is 11.0. The van der Waals surface area contributed by atoms with Crippen LogP contribution in [0.25, 0.3) is 0 Å². The van der Waals surface area contributed by atoms with Crippen LogP contribution in [0.3, 0.4) is 0 Å². The zero-order valence-corrected chi connectivity index (χ0v) is 6.36. The predicted octanol–water partition coefficient (Wildman–Crippen LogP) is -0.182. The van der Waals surface area contributed by atoms with E-state index in [0.717, 1.165) is 5.84 Å². The van der Waals surface area contributed by atoms with Crippen LogP contribution in [-0.4, -0.2) is 17.3 Å². The highest BCUT2D eigenvalue weighted by Crippen LogP contribution is 2.04. The SMILES string of the molecule is CC1=NNC(=O)C(C)(C)N1. The molecule has 1 amide bonds. The maximum atomic E-state index is 11.0. The average molecular weight is 141 g/mol. The van der Waals surface area contributed by atoms with Gasteiger partial charge in [0.15, 0.2) is 0 Å². The van der Waals surface area contributed by atoms with Gasteiger partial charge in [-0.3, -0.25) is 4.79 Å². The molecule has 1 aliphatic rings. The van der Waals surface area contributed by atoms with Crippen molar-refractivity contribution in [3.8, 4) is 0 Å². The number of carbonyl (C=O) groups is 1. The van der Waals surface area contributed by atoms with Gasteiger partial charge in [0.2, 0.25) is 0 Å². The van der Waals surface area contributed by atoms with Crippen molar-refractivity contribution in [1.82, 2.24) is 10.7 Å². The van der Waals surface area contributed by atoms with E-state index in [1.807, 2.05) is 0 Å². The molecule has 0 atom stereocenters. The summed E-state index contributed by atoms with van der Waals surface area (Å²) in [5, 5.41) is 6.66. The first kappa shape index (κ1) is 7.05. The first-order valence-corrected chi connectivity index (χ1v) is 3.15. The summed E-state index contributed by atoms with van der Waals surface area (Å²) in [6.07, 6.45) is 0. The predicted molar refractivity (Wildman–Crippen MR) is 38.5 cm³/mol. The van der Waals surface area contributed by atoms with Gasteiger partial charge in [0.05, 0.1) is 0 Å². The number of carbonyl (C=O) groups excluding carboxylic acids is 1. The maximum absolute atomic E-state index is 11.0. The van der Waals surface area contributed by atoms with Gasteiger partial charge >= 0.3 is 0 Å². The molecule has 1 rings (SSSR count). The largest absolute Gasteiger partial charge is 0.359 e. The van der Waals surface area contributed by atoms with Gasteiger partial charge in [-0.05, 0) is 20.8 Å². The van der Waals surface area contributed by atoms with E-state index in [-0.39, 0.29) is 5.91 Å². The molecule has 0 fully saturated rings. The normalized spacial score (nSPS) is 22.7. The van der Waals surface area contributed by atoms with Crippen molar-refractivity contribution in [1.29, 1.82) is 0 Å². The van der Waals surface area contributed by atoms with Gasteiger partial charge in [-0.15, -0.1) is 0 Å². The van der Waals surface area contributed by atoms with Crippen LogP contribution in [-0.2, 0) is 4.79 Å². The fraction of sp³-hybridized carbons (Fsp3) is 0.667. The van der Waals surface area contributed by atoms with Crippen LogP contribution in [0.5, 0.6) is 0 Å². The lowest BCUT2D eigenvalue weighted by Gasteiger charge is -2.28. The van der Waals surface area contributed by atoms with Gasteiger partial charge < -0.3 is 5.32 Å². The van der Waals surface area contributed by atoms with Crippen LogP contribution in [0.2, 0.25) is 0 Å². The molecule has 0 radical (unpaired) electrons. The van der Waals surface area contributed by atoms with Crippen molar-refractivity contribution in [2.75, 3.05) is 0 Å². The molecule has 0 aromatic heterocycles. The summed E-state index contributed by atoms with van der Waals surface area (Å²) >= 11 is 0. The molecule has 1 aliphatic heterocycles. The lowest BCUT2D eigenvalue weighted by atomic mass is 10.0. The molecule has 4 nitrogen and oxygen atoms in total. The number of hydrogen-bond donors (Lipinski definition) is 2. The molecule has 0 aromatic rings. The third-order valence-electron chi connectivity index (χ3n) is 1.39. The molecule has 0 aromatic carbocycles. The molecule has 0 saturated carbocycles. The van der Waals surface area contributed by atoms with Gasteiger partial charge in [-0.25, -0.2) is 5.43 Å². The number of hydrazone groups is 1. The van der Waals surface area contributed by atoms with Crippen molar-refractivity contribution in [3.05, 3.63) is 0 Å². The minimum atomic E-state index is -0.522. The van der Waals surface area contributed by atoms with Crippen LogP contribution >= 0.6 is 0 Å². The third kappa shape index (κ3) is 1.10. The van der Waals surface area contributed by atoms with Crippen LogP contribution in [0, 0.1) is 0 Å². The number of nitrogens with zero attached hydrogens (tertiary/aromatic N) is 1. The summed E-state index contributed by atoms with van der Waals surface area (Å²) in [5.74, 6) is 0.641. The molecule has 2 N–H and O–H groups in total. The fourth-order valence-corrected chi connectivity index (χ4v) is 0.811. The number of amides is 1. The molecule has 0 unspecified atom stereocenters. The van der Waals surface area contributed by atoms with Crippen LogP contribution < -0.4 is 10.7 Å². The minimum Gasteiger partial charge on any atom is -0.359 e. The monoisotopic (exact) mass is 141 g/mol. The van der Waals surface area contributed by atoms with Gasteiger partial charge in [0.1, 0.15) is 11.4 Å². The summed E-state index contributed by atoms with van der Waals surface area (Å²) in [6.45, 7) is 5.42. The number of rotatable bonds is 0. The van der Waals surface area contributed by atoms with Gasteiger partial charge in [-0.2, -0.15) is 5.10 Å². The first-order valence-electron chi connectivity index (χ1n) is 3.15. The molecule has 0 spiro atoms. The summed E-state index contributed by atoms with van der Waals surface area (Å²) in [6, 6.07) is 0. The second-order valence-corrected chi connectivity index (χ2v) is 2.89. The number of nitrogens with one attached hydrogen (secondary N) is 2. The van der Waals surface area contributed by atoms with E-state index < -0.39 is 5.54 Å². The summed E-state index contributed by atoms with van der Waals surface area (Å²) in [7, 11) is 0. The Labute approximate surface area is 59.7 Å². The standard InChI is InChI=1S/C6H11N3O/c1-4-7-6(2,3)5(10)9-8-4/h1-3H3,(H,7,8)(H,9,10). The van der Waals surface area contributed by atoms with Crippen LogP contribution in [0.1, 0.15) is 20.8 Å². The highest BCUT2D eigenvalue weighted by Gasteiger charge is 2.30. The Balaban J connectivity index is 2.82. The Morgan fingerprint density at radius 3 is 2.50 bits per heavy atom. The molecule has 10 heavy (non-hydrogen) atoms. The van der Waals surface area contributed by atoms with Crippen LogP contribution in [0.4, 0.5) is 0 Å². The molecular formula is C6H11N3O. The highest BCUT2D eigenvalue weighted by atomic mass is 16.2. The Kier molecular flexibility index (Phi) is 1.39. The molecule has 56 valence electrons. The van der Waals surface area contributed by atoms with E-state index in [2.05, 4.69) is 15.8 Å². The molecule has 0 bridgehead atoms. The van der Waals surface area contributed by atoms with Crippen molar-refractivity contribution < 1.29 is 4.79 Å². The fourth-order valence-electron chi connectivity index (χ4n) is 0.811. The van der Waals surface area contributed by atoms with Crippen LogP contribution in [0.15, 0.2) is 5.10 Å². The number of amidine groups is 1. The lowest BCUT2D eigenvalue weighted by Crippen LogP contribution is -2.57. The van der Waals surface area contributed by atoms with E-state index in [0.29, 0.717) is 0 Å². The average Bonchev–Trinajstić information content (AvgIpc) is 1.78. The number of hydrogen-bond acceptors (Lipinski definition) is 3. The summed E-state index contributed by atoms with van der Waals surface area (Å²) in [5.41, 5.74) is 1.89. The van der Waals surface area contributed by atoms with E-state index in [1.165, 1.54) is 0 Å². The second kappa shape index (κ2) is 1.97. The van der Waals surface area contributed by atoms with Gasteiger partial charge in [0, 0.05) is 0 Å². The zero-order valence-electron chi connectivity index (χ0n) is 6.36. The molecule has 0 aliphatic carbocycles. The zero-order chi connectivity index (χ0) is 7.78. The maximum Gasteiger partial charge on any atom is 0.265 e. The van der Waals surface area contributed by atoms with E-state index in [4.69, 9.17) is 0 Å². The molecule has 1 heterocycles. The Morgan fingerprint density at radius 2 is 2.10 bits per heavy atom. The Bertz CT molecular complexity index is 195. The highest BCUT2D eigenvalue weighted by molar-refractivity contribution is 5.95. The van der Waals surface area contributed by atoms with Gasteiger partial charge in [-0.1, -0.05) is 0 Å². The smallest absolute Gasteiger partial charge is 0.265 e. The van der Waals surface area contributed by atoms with Crippen molar-refractivity contribution in [3.63, 3.8) is 0 Å². The Morgan fingerprint density at radius 1 is 1.50 bits per heavy atom. The Hall–Kier alpha value is -1.06. The topological polar surface area (TPSA) is 53.5 Å². The quantitative estimate of drug-likeness (QED) is 0.491. The summed E-state index contributed by atoms with van der Waals surface area (Å²) < 4.78 is 0. The van der Waals surface area contributed by atoms with Crippen molar-refractivity contribution >= 4 is 11.7 Å².